The first-order chi connectivity index (χ1) is 15.9. The van der Waals surface area contributed by atoms with Gasteiger partial charge in [0, 0.05) is 6.42 Å². The van der Waals surface area contributed by atoms with Crippen LogP contribution in [0.25, 0.3) is 0 Å². The number of benzene rings is 1. The molecule has 0 heterocycles. The summed E-state index contributed by atoms with van der Waals surface area (Å²) in [6.07, 6.45) is 0.707. The first-order valence-corrected chi connectivity index (χ1v) is 11.5. The maximum atomic E-state index is 13.0. The molecule has 4 atom stereocenters. The van der Waals surface area contributed by atoms with Crippen molar-refractivity contribution in [2.75, 3.05) is 6.61 Å². The van der Waals surface area contributed by atoms with Crippen LogP contribution >= 0.6 is 0 Å². The van der Waals surface area contributed by atoms with E-state index < -0.39 is 54.5 Å². The summed E-state index contributed by atoms with van der Waals surface area (Å²) < 4.78 is 0. The van der Waals surface area contributed by atoms with E-state index in [1.165, 1.54) is 0 Å². The van der Waals surface area contributed by atoms with Gasteiger partial charge in [-0.2, -0.15) is 0 Å². The number of carbonyl (C=O) groups is 4. The molecule has 4 unspecified atom stereocenters. The zero-order valence-corrected chi connectivity index (χ0v) is 20.3. The first kappa shape index (κ1) is 29.1. The monoisotopic (exact) mass is 478 g/mol. The van der Waals surface area contributed by atoms with E-state index in [1.54, 1.807) is 30.3 Å². The molecule has 0 radical (unpaired) electrons. The van der Waals surface area contributed by atoms with Gasteiger partial charge in [0.15, 0.2) is 0 Å². The Morgan fingerprint density at radius 3 is 1.79 bits per heavy atom. The van der Waals surface area contributed by atoms with Crippen LogP contribution in [0.1, 0.15) is 46.1 Å². The number of hydrogen-bond donors (Lipinski definition) is 6. The number of nitrogens with two attached hydrogens (primary N) is 1. The van der Waals surface area contributed by atoms with E-state index in [-0.39, 0.29) is 24.7 Å². The smallest absolute Gasteiger partial charge is 0.326 e. The Bertz CT molecular complexity index is 815. The molecule has 1 aromatic carbocycles. The fraction of sp³-hybridized carbons (Fsp3) is 0.583. The van der Waals surface area contributed by atoms with E-state index in [2.05, 4.69) is 16.0 Å². The maximum absolute atomic E-state index is 13.0. The average molecular weight is 479 g/mol. The summed E-state index contributed by atoms with van der Waals surface area (Å²) in [4.78, 5) is 49.7. The Balaban J connectivity index is 3.00. The van der Waals surface area contributed by atoms with Crippen molar-refractivity contribution >= 4 is 23.7 Å². The third kappa shape index (κ3) is 10.3. The number of carboxylic acid groups (broad SMARTS) is 1. The normalized spacial score (nSPS) is 14.7. The minimum atomic E-state index is -1.32. The zero-order chi connectivity index (χ0) is 25.8. The molecule has 3 amide bonds. The van der Waals surface area contributed by atoms with Crippen LogP contribution in [-0.2, 0) is 25.6 Å². The molecule has 0 saturated heterocycles. The molecule has 0 bridgehead atoms. The van der Waals surface area contributed by atoms with E-state index >= 15 is 0 Å². The molecule has 34 heavy (non-hydrogen) atoms. The Hall–Kier alpha value is -2.98. The van der Waals surface area contributed by atoms with Gasteiger partial charge in [-0.25, -0.2) is 4.79 Å². The van der Waals surface area contributed by atoms with Gasteiger partial charge in [-0.1, -0.05) is 58.0 Å². The van der Waals surface area contributed by atoms with Gasteiger partial charge in [-0.05, 0) is 30.2 Å². The second kappa shape index (κ2) is 14.3. The van der Waals surface area contributed by atoms with Gasteiger partial charge in [-0.3, -0.25) is 14.4 Å². The second-order valence-corrected chi connectivity index (χ2v) is 9.26. The lowest BCUT2D eigenvalue weighted by molar-refractivity contribution is -0.142. The van der Waals surface area contributed by atoms with Crippen LogP contribution in [-0.4, -0.2) is 64.7 Å². The van der Waals surface area contributed by atoms with Gasteiger partial charge < -0.3 is 31.9 Å². The standard InChI is InChI=1S/C24H38N4O6/c1-14(2)10-17(25)21(30)28-20(13-29)23(32)26-18(12-16-8-6-5-7-9-16)22(31)27-19(24(33)34)11-15(3)4/h5-9,14-15,17-20,29H,10-13,25H2,1-4H3,(H,26,32)(H,27,31)(H,28,30)(H,33,34). The minimum Gasteiger partial charge on any atom is -0.480 e. The van der Waals surface area contributed by atoms with Crippen LogP contribution in [0.15, 0.2) is 30.3 Å². The molecule has 10 heteroatoms. The summed E-state index contributed by atoms with van der Waals surface area (Å²) in [5.41, 5.74) is 6.59. The van der Waals surface area contributed by atoms with Crippen molar-refractivity contribution in [2.45, 2.75) is 71.1 Å². The number of rotatable bonds is 14. The predicted molar refractivity (Wildman–Crippen MR) is 128 cm³/mol. The number of carboxylic acids is 1. The molecule has 1 aromatic rings. The Morgan fingerprint density at radius 2 is 1.29 bits per heavy atom. The highest BCUT2D eigenvalue weighted by Gasteiger charge is 2.30. The molecule has 10 nitrogen and oxygen atoms in total. The summed E-state index contributed by atoms with van der Waals surface area (Å²) in [6.45, 7) is 6.78. The lowest BCUT2D eigenvalue weighted by Gasteiger charge is -2.25. The molecule has 0 aliphatic heterocycles. The SMILES string of the molecule is CC(C)CC(N)C(=O)NC(CO)C(=O)NC(Cc1ccccc1)C(=O)NC(CC(C)C)C(=O)O. The lowest BCUT2D eigenvalue weighted by atomic mass is 10.0. The largest absolute Gasteiger partial charge is 0.480 e. The predicted octanol–water partition coefficient (Wildman–Crippen LogP) is 0.180. The quantitative estimate of drug-likeness (QED) is 0.221. The molecule has 190 valence electrons. The first-order valence-electron chi connectivity index (χ1n) is 11.5. The van der Waals surface area contributed by atoms with Crippen molar-refractivity contribution in [1.82, 2.24) is 16.0 Å². The summed E-state index contributed by atoms with van der Waals surface area (Å²) >= 11 is 0. The fourth-order valence-electron chi connectivity index (χ4n) is 3.38. The second-order valence-electron chi connectivity index (χ2n) is 9.26. The number of nitrogens with one attached hydrogen (secondary N) is 3. The van der Waals surface area contributed by atoms with Crippen molar-refractivity contribution in [3.63, 3.8) is 0 Å². The van der Waals surface area contributed by atoms with Gasteiger partial charge >= 0.3 is 5.97 Å². The highest BCUT2D eigenvalue weighted by Crippen LogP contribution is 2.08. The lowest BCUT2D eigenvalue weighted by Crippen LogP contribution is -2.58. The van der Waals surface area contributed by atoms with Crippen molar-refractivity contribution in [1.29, 1.82) is 0 Å². The number of aliphatic hydroxyl groups is 1. The Morgan fingerprint density at radius 1 is 0.794 bits per heavy atom. The summed E-state index contributed by atoms with van der Waals surface area (Å²) in [5.74, 6) is -3.03. The van der Waals surface area contributed by atoms with Crippen molar-refractivity contribution in [3.8, 4) is 0 Å². The van der Waals surface area contributed by atoms with Crippen LogP contribution in [0, 0.1) is 11.8 Å². The van der Waals surface area contributed by atoms with Crippen LogP contribution in [0.3, 0.4) is 0 Å². The molecule has 0 fully saturated rings. The minimum absolute atomic E-state index is 0.0209. The summed E-state index contributed by atoms with van der Waals surface area (Å²) in [5, 5.41) is 26.6. The van der Waals surface area contributed by atoms with Gasteiger partial charge in [0.05, 0.1) is 12.6 Å². The summed E-state index contributed by atoms with van der Waals surface area (Å²) in [6, 6.07) is 4.48. The molecular formula is C24H38N4O6. The van der Waals surface area contributed by atoms with E-state index in [0.29, 0.717) is 6.42 Å². The van der Waals surface area contributed by atoms with E-state index in [1.807, 2.05) is 27.7 Å². The van der Waals surface area contributed by atoms with Crippen molar-refractivity contribution in [3.05, 3.63) is 35.9 Å². The topological polar surface area (TPSA) is 171 Å². The molecule has 0 aliphatic carbocycles. The molecule has 0 aliphatic rings. The summed E-state index contributed by atoms with van der Waals surface area (Å²) in [7, 11) is 0. The van der Waals surface area contributed by atoms with Crippen LogP contribution < -0.4 is 21.7 Å². The van der Waals surface area contributed by atoms with Gasteiger partial charge in [0.1, 0.15) is 18.1 Å². The van der Waals surface area contributed by atoms with Gasteiger partial charge in [0.2, 0.25) is 17.7 Å². The number of aliphatic carboxylic acids is 1. The zero-order valence-electron chi connectivity index (χ0n) is 20.3. The molecule has 0 saturated carbocycles. The Labute approximate surface area is 200 Å². The molecule has 1 rings (SSSR count). The maximum Gasteiger partial charge on any atom is 0.326 e. The highest BCUT2D eigenvalue weighted by molar-refractivity contribution is 5.94. The number of hydrogen-bond acceptors (Lipinski definition) is 6. The van der Waals surface area contributed by atoms with Crippen molar-refractivity contribution < 1.29 is 29.4 Å². The van der Waals surface area contributed by atoms with Crippen LogP contribution in [0.4, 0.5) is 0 Å². The number of carbonyl (C=O) groups excluding carboxylic acids is 3. The third-order valence-electron chi connectivity index (χ3n) is 5.11. The van der Waals surface area contributed by atoms with Gasteiger partial charge in [-0.15, -0.1) is 0 Å². The van der Waals surface area contributed by atoms with E-state index in [0.717, 1.165) is 5.56 Å². The Kier molecular flexibility index (Phi) is 12.2. The van der Waals surface area contributed by atoms with Crippen LogP contribution in [0.5, 0.6) is 0 Å². The molecule has 0 aromatic heterocycles. The third-order valence-corrected chi connectivity index (χ3v) is 5.11. The molecule has 0 spiro atoms. The van der Waals surface area contributed by atoms with Crippen molar-refractivity contribution in [2.24, 2.45) is 17.6 Å². The van der Waals surface area contributed by atoms with Crippen LogP contribution in [0.2, 0.25) is 0 Å². The number of amides is 3. The molecular weight excluding hydrogens is 440 g/mol. The van der Waals surface area contributed by atoms with E-state index in [4.69, 9.17) is 5.73 Å². The van der Waals surface area contributed by atoms with E-state index in [9.17, 15) is 29.4 Å². The number of aliphatic hydroxyl groups excluding tert-OH is 1. The highest BCUT2D eigenvalue weighted by atomic mass is 16.4. The fourth-order valence-corrected chi connectivity index (χ4v) is 3.38. The van der Waals surface area contributed by atoms with Gasteiger partial charge in [0.25, 0.3) is 0 Å². The molecule has 7 N–H and O–H groups in total. The average Bonchev–Trinajstić information content (AvgIpc) is 2.75.